The molecule has 1 N–H and O–H groups in total. The number of hydrogen-bond donors (Lipinski definition) is 1. The zero-order chi connectivity index (χ0) is 13.7. The van der Waals surface area contributed by atoms with E-state index in [9.17, 15) is 9.59 Å². The van der Waals surface area contributed by atoms with Gasteiger partial charge in [-0.3, -0.25) is 9.59 Å². The molecule has 0 heterocycles. The summed E-state index contributed by atoms with van der Waals surface area (Å²) in [5.74, 6) is -0.0845. The van der Waals surface area contributed by atoms with Crippen LogP contribution in [0.15, 0.2) is 30.3 Å². The molecule has 0 radical (unpaired) electrons. The minimum atomic E-state index is -0.0713. The number of carbonyl (C=O) groups excluding carboxylic acids is 2. The largest absolute Gasteiger partial charge is 0.354 e. The van der Waals surface area contributed by atoms with E-state index in [-0.39, 0.29) is 24.4 Å². The van der Waals surface area contributed by atoms with Gasteiger partial charge in [0.25, 0.3) is 0 Å². The van der Waals surface area contributed by atoms with Crippen molar-refractivity contribution < 1.29 is 9.59 Å². The fourth-order valence-electron chi connectivity index (χ4n) is 2.09. The van der Waals surface area contributed by atoms with E-state index >= 15 is 0 Å². The molecule has 0 atom stereocenters. The van der Waals surface area contributed by atoms with Crippen LogP contribution < -0.4 is 5.32 Å². The van der Waals surface area contributed by atoms with Crippen molar-refractivity contribution >= 4 is 11.8 Å². The monoisotopic (exact) mass is 260 g/mol. The average molecular weight is 260 g/mol. The highest BCUT2D eigenvalue weighted by atomic mass is 16.2. The van der Waals surface area contributed by atoms with E-state index in [2.05, 4.69) is 5.32 Å². The van der Waals surface area contributed by atoms with E-state index in [1.807, 2.05) is 30.3 Å². The first-order valence-corrected chi connectivity index (χ1v) is 6.74. The van der Waals surface area contributed by atoms with Gasteiger partial charge in [-0.2, -0.15) is 0 Å². The van der Waals surface area contributed by atoms with E-state index in [0.717, 1.165) is 19.3 Å². The fourth-order valence-corrected chi connectivity index (χ4v) is 2.09. The Labute approximate surface area is 113 Å². The van der Waals surface area contributed by atoms with Crippen LogP contribution in [0, 0.1) is 0 Å². The summed E-state index contributed by atoms with van der Waals surface area (Å²) >= 11 is 0. The summed E-state index contributed by atoms with van der Waals surface area (Å²) in [4.78, 5) is 24.8. The predicted octanol–water partition coefficient (Wildman–Crippen LogP) is 1.36. The molecule has 0 aliphatic heterocycles. The summed E-state index contributed by atoms with van der Waals surface area (Å²) in [6, 6.07) is 10.3. The van der Waals surface area contributed by atoms with Crippen molar-refractivity contribution in [3.05, 3.63) is 35.9 Å². The van der Waals surface area contributed by atoms with Crippen molar-refractivity contribution in [2.24, 2.45) is 0 Å². The Morgan fingerprint density at radius 3 is 2.53 bits per heavy atom. The lowest BCUT2D eigenvalue weighted by atomic mass is 10.1. The van der Waals surface area contributed by atoms with Gasteiger partial charge in [0.2, 0.25) is 11.8 Å². The van der Waals surface area contributed by atoms with Crippen LogP contribution in [-0.4, -0.2) is 35.8 Å². The standard InChI is InChI=1S/C15H20N2O2/c1-12(18)17(14-7-8-14)11-15(19)16-10-9-13-5-3-2-4-6-13/h2-6,14H,7-11H2,1H3,(H,16,19). The second-order valence-electron chi connectivity index (χ2n) is 4.96. The van der Waals surface area contributed by atoms with Gasteiger partial charge in [0, 0.05) is 19.5 Å². The van der Waals surface area contributed by atoms with E-state index in [4.69, 9.17) is 0 Å². The zero-order valence-electron chi connectivity index (χ0n) is 11.3. The third kappa shape index (κ3) is 4.39. The van der Waals surface area contributed by atoms with Gasteiger partial charge in [0.05, 0.1) is 6.54 Å². The highest BCUT2D eigenvalue weighted by Crippen LogP contribution is 2.26. The Balaban J connectivity index is 1.71. The minimum absolute atomic E-state index is 0.0132. The summed E-state index contributed by atoms with van der Waals surface area (Å²) in [6.07, 6.45) is 2.86. The molecular formula is C15H20N2O2. The number of amides is 2. The van der Waals surface area contributed by atoms with E-state index < -0.39 is 0 Å². The maximum atomic E-state index is 11.8. The zero-order valence-corrected chi connectivity index (χ0v) is 11.3. The van der Waals surface area contributed by atoms with Crippen molar-refractivity contribution in [1.29, 1.82) is 0 Å². The van der Waals surface area contributed by atoms with Gasteiger partial charge in [-0.05, 0) is 24.8 Å². The van der Waals surface area contributed by atoms with Crippen LogP contribution in [0.2, 0.25) is 0 Å². The Kier molecular flexibility index (Phi) is 4.55. The Bertz CT molecular complexity index is 441. The Morgan fingerprint density at radius 2 is 1.95 bits per heavy atom. The third-order valence-corrected chi connectivity index (χ3v) is 3.28. The van der Waals surface area contributed by atoms with E-state index in [0.29, 0.717) is 6.54 Å². The van der Waals surface area contributed by atoms with Crippen LogP contribution in [0.3, 0.4) is 0 Å². The van der Waals surface area contributed by atoms with Crippen molar-refractivity contribution in [1.82, 2.24) is 10.2 Å². The van der Waals surface area contributed by atoms with Gasteiger partial charge in [-0.1, -0.05) is 30.3 Å². The first-order valence-electron chi connectivity index (χ1n) is 6.74. The smallest absolute Gasteiger partial charge is 0.239 e. The number of carbonyl (C=O) groups is 2. The minimum Gasteiger partial charge on any atom is -0.354 e. The predicted molar refractivity (Wildman–Crippen MR) is 73.6 cm³/mol. The topological polar surface area (TPSA) is 49.4 Å². The first-order chi connectivity index (χ1) is 9.16. The van der Waals surface area contributed by atoms with Crippen LogP contribution in [0.1, 0.15) is 25.3 Å². The molecule has 1 aromatic rings. The lowest BCUT2D eigenvalue weighted by molar-refractivity contribution is -0.134. The molecule has 2 amide bonds. The summed E-state index contributed by atoms with van der Waals surface area (Å²) < 4.78 is 0. The molecule has 2 rings (SSSR count). The SMILES string of the molecule is CC(=O)N(CC(=O)NCCc1ccccc1)C1CC1. The molecule has 0 bridgehead atoms. The molecule has 0 unspecified atom stereocenters. The molecule has 0 spiro atoms. The number of nitrogens with one attached hydrogen (secondary N) is 1. The molecule has 1 saturated carbocycles. The maximum absolute atomic E-state index is 11.8. The van der Waals surface area contributed by atoms with E-state index in [1.165, 1.54) is 12.5 Å². The van der Waals surface area contributed by atoms with Gasteiger partial charge in [0.15, 0.2) is 0 Å². The highest BCUT2D eigenvalue weighted by molar-refractivity contribution is 5.84. The Morgan fingerprint density at radius 1 is 1.26 bits per heavy atom. The van der Waals surface area contributed by atoms with Crippen LogP contribution in [0.5, 0.6) is 0 Å². The number of rotatable bonds is 6. The van der Waals surface area contributed by atoms with Gasteiger partial charge in [-0.25, -0.2) is 0 Å². The van der Waals surface area contributed by atoms with Crippen molar-refractivity contribution in [3.63, 3.8) is 0 Å². The number of nitrogens with zero attached hydrogens (tertiary/aromatic N) is 1. The molecule has 0 saturated heterocycles. The van der Waals surface area contributed by atoms with Crippen molar-refractivity contribution in [3.8, 4) is 0 Å². The highest BCUT2D eigenvalue weighted by Gasteiger charge is 2.31. The van der Waals surface area contributed by atoms with Gasteiger partial charge >= 0.3 is 0 Å². The third-order valence-electron chi connectivity index (χ3n) is 3.28. The van der Waals surface area contributed by atoms with Gasteiger partial charge in [0.1, 0.15) is 0 Å². The molecule has 19 heavy (non-hydrogen) atoms. The molecule has 1 aliphatic carbocycles. The molecule has 102 valence electrons. The van der Waals surface area contributed by atoms with Crippen LogP contribution >= 0.6 is 0 Å². The second kappa shape index (κ2) is 6.36. The molecule has 4 nitrogen and oxygen atoms in total. The van der Waals surface area contributed by atoms with Crippen LogP contribution in [0.4, 0.5) is 0 Å². The summed E-state index contributed by atoms with van der Waals surface area (Å²) in [6.45, 7) is 2.32. The second-order valence-corrected chi connectivity index (χ2v) is 4.96. The van der Waals surface area contributed by atoms with Crippen molar-refractivity contribution in [2.45, 2.75) is 32.2 Å². The lowest BCUT2D eigenvalue weighted by Gasteiger charge is -2.19. The Hall–Kier alpha value is -1.84. The van der Waals surface area contributed by atoms with E-state index in [1.54, 1.807) is 4.90 Å². The quantitative estimate of drug-likeness (QED) is 0.839. The first kappa shape index (κ1) is 13.6. The van der Waals surface area contributed by atoms with Crippen molar-refractivity contribution in [2.75, 3.05) is 13.1 Å². The fraction of sp³-hybridized carbons (Fsp3) is 0.467. The van der Waals surface area contributed by atoms with Gasteiger partial charge < -0.3 is 10.2 Å². The van der Waals surface area contributed by atoms with Gasteiger partial charge in [-0.15, -0.1) is 0 Å². The lowest BCUT2D eigenvalue weighted by Crippen LogP contribution is -2.41. The number of hydrogen-bond acceptors (Lipinski definition) is 2. The average Bonchev–Trinajstić information content (AvgIpc) is 3.21. The molecular weight excluding hydrogens is 240 g/mol. The molecule has 0 aromatic heterocycles. The van der Waals surface area contributed by atoms with Crippen LogP contribution in [-0.2, 0) is 16.0 Å². The number of benzene rings is 1. The molecule has 4 heteroatoms. The van der Waals surface area contributed by atoms with Crippen LogP contribution in [0.25, 0.3) is 0 Å². The molecule has 1 aromatic carbocycles. The molecule has 1 aliphatic rings. The summed E-state index contributed by atoms with van der Waals surface area (Å²) in [7, 11) is 0. The normalized spacial score (nSPS) is 13.9. The molecule has 1 fully saturated rings. The maximum Gasteiger partial charge on any atom is 0.239 e. The summed E-state index contributed by atoms with van der Waals surface area (Å²) in [5, 5.41) is 2.87. The summed E-state index contributed by atoms with van der Waals surface area (Å²) in [5.41, 5.74) is 1.20.